The lowest BCUT2D eigenvalue weighted by Gasteiger charge is -2.38. The van der Waals surface area contributed by atoms with Crippen LogP contribution in [0.4, 0.5) is 0 Å². The Morgan fingerprint density at radius 3 is 2.06 bits per heavy atom. The van der Waals surface area contributed by atoms with Gasteiger partial charge in [0.05, 0.1) is 5.57 Å². The number of sulfone groups is 1. The third kappa shape index (κ3) is 4.05. The minimum absolute atomic E-state index is 0.477. The first-order chi connectivity index (χ1) is 17.0. The van der Waals surface area contributed by atoms with Crippen molar-refractivity contribution in [3.63, 3.8) is 0 Å². The van der Waals surface area contributed by atoms with E-state index in [1.54, 1.807) is 60.7 Å². The van der Waals surface area contributed by atoms with E-state index in [1.807, 2.05) is 0 Å². The van der Waals surface area contributed by atoms with Crippen molar-refractivity contribution in [2.45, 2.75) is 36.1 Å². The minimum Gasteiger partial charge on any atom is -0.478 e. The molecule has 0 bridgehead atoms. The number of fused-ring (bicyclic) bond motifs is 1. The molecule has 2 heterocycles. The Kier molecular flexibility index (Phi) is 6.44. The lowest BCUT2D eigenvalue weighted by Crippen LogP contribution is -2.60. The number of nitrogens with zero attached hydrogens (tertiary/aromatic N) is 1. The number of carboxylic acids is 1. The Bertz CT molecular complexity index is 1310. The van der Waals surface area contributed by atoms with Crippen molar-refractivity contribution in [2.75, 3.05) is 6.61 Å². The lowest BCUT2D eigenvalue weighted by molar-refractivity contribution is -0.162. The minimum atomic E-state index is -4.41. The number of aliphatic carboxylic acids is 1. The summed E-state index contributed by atoms with van der Waals surface area (Å²) in [7, 11) is -4.41. The Morgan fingerprint density at radius 2 is 1.58 bits per heavy atom. The molecular formula is C25H23NO9S. The molecule has 2 saturated heterocycles. The number of amides is 1. The molecule has 0 saturated carbocycles. The first-order valence-corrected chi connectivity index (χ1v) is 12.5. The third-order valence-electron chi connectivity index (χ3n) is 6.30. The van der Waals surface area contributed by atoms with Crippen molar-refractivity contribution in [1.82, 2.24) is 4.90 Å². The summed E-state index contributed by atoms with van der Waals surface area (Å²) in [6, 6.07) is 15.8. The van der Waals surface area contributed by atoms with E-state index in [-0.39, 0.29) is 0 Å². The summed E-state index contributed by atoms with van der Waals surface area (Å²) >= 11 is 0. The normalized spacial score (nSPS) is 25.2. The van der Waals surface area contributed by atoms with Gasteiger partial charge in [0.25, 0.3) is 5.91 Å². The van der Waals surface area contributed by atoms with Crippen molar-refractivity contribution in [1.29, 1.82) is 0 Å². The summed E-state index contributed by atoms with van der Waals surface area (Å²) in [5.41, 5.74) is 0.740. The standard InChI is InChI=1S/C25H23NO9S/c1-15(27)34-14-25(2)21(26-22(30)18(13-19(28)29)23(26)36(25,32)33)24(31)35-20(16-9-5-3-6-10-16)17-11-7-4-8-12-17/h3-13,20-21,23H,14H2,1-2H3,(H,28,29)/b18-13-/t21-,23?,25-/m0/s1. The Morgan fingerprint density at radius 1 is 1.06 bits per heavy atom. The number of β-lactam (4-membered cyclic amide) rings is 1. The van der Waals surface area contributed by atoms with Gasteiger partial charge in [-0.1, -0.05) is 60.7 Å². The van der Waals surface area contributed by atoms with E-state index in [2.05, 4.69) is 0 Å². The van der Waals surface area contributed by atoms with Crippen molar-refractivity contribution < 1.29 is 42.2 Å². The number of ether oxygens (including phenoxy) is 2. The molecule has 1 unspecified atom stereocenters. The van der Waals surface area contributed by atoms with Crippen molar-refractivity contribution >= 4 is 33.7 Å². The van der Waals surface area contributed by atoms with Crippen LogP contribution >= 0.6 is 0 Å². The number of hydrogen-bond donors (Lipinski definition) is 1. The van der Waals surface area contributed by atoms with Gasteiger partial charge in [-0.15, -0.1) is 0 Å². The second kappa shape index (κ2) is 9.23. The first-order valence-electron chi connectivity index (χ1n) is 10.9. The van der Waals surface area contributed by atoms with Gasteiger partial charge < -0.3 is 19.5 Å². The zero-order valence-corrected chi connectivity index (χ0v) is 20.2. The number of rotatable bonds is 7. The molecule has 1 N–H and O–H groups in total. The van der Waals surface area contributed by atoms with Gasteiger partial charge in [0.2, 0.25) is 0 Å². The van der Waals surface area contributed by atoms with E-state index in [1.165, 1.54) is 6.92 Å². The van der Waals surface area contributed by atoms with Crippen LogP contribution in [0.5, 0.6) is 0 Å². The number of carboxylic acid groups (broad SMARTS) is 1. The zero-order chi connectivity index (χ0) is 26.3. The predicted molar refractivity (Wildman–Crippen MR) is 125 cm³/mol. The Balaban J connectivity index is 1.78. The molecular weight excluding hydrogens is 490 g/mol. The number of esters is 2. The molecule has 0 spiro atoms. The maximum Gasteiger partial charge on any atom is 0.331 e. The van der Waals surface area contributed by atoms with Gasteiger partial charge >= 0.3 is 17.9 Å². The highest BCUT2D eigenvalue weighted by Crippen LogP contribution is 2.49. The van der Waals surface area contributed by atoms with Gasteiger partial charge in [-0.25, -0.2) is 18.0 Å². The highest BCUT2D eigenvalue weighted by molar-refractivity contribution is 7.94. The van der Waals surface area contributed by atoms with Crippen LogP contribution < -0.4 is 0 Å². The Labute approximate surface area is 207 Å². The maximum absolute atomic E-state index is 13.7. The van der Waals surface area contributed by atoms with Crippen molar-refractivity contribution in [3.8, 4) is 0 Å². The molecule has 3 atom stereocenters. The molecule has 0 radical (unpaired) electrons. The van der Waals surface area contributed by atoms with E-state index >= 15 is 0 Å². The van der Waals surface area contributed by atoms with Crippen LogP contribution in [0.3, 0.4) is 0 Å². The summed E-state index contributed by atoms with van der Waals surface area (Å²) < 4.78 is 35.8. The molecule has 2 fully saturated rings. The van der Waals surface area contributed by atoms with Crippen LogP contribution in [0, 0.1) is 0 Å². The highest BCUT2D eigenvalue weighted by Gasteiger charge is 2.73. The lowest BCUT2D eigenvalue weighted by atomic mass is 9.94. The second-order valence-corrected chi connectivity index (χ2v) is 11.2. The largest absolute Gasteiger partial charge is 0.478 e. The van der Waals surface area contributed by atoms with Crippen LogP contribution in [0.2, 0.25) is 0 Å². The van der Waals surface area contributed by atoms with Gasteiger partial charge in [-0.05, 0) is 18.1 Å². The van der Waals surface area contributed by atoms with Crippen LogP contribution in [-0.4, -0.2) is 65.0 Å². The number of carbonyl (C=O) groups is 4. The fourth-order valence-corrected chi connectivity index (χ4v) is 6.79. The second-order valence-electron chi connectivity index (χ2n) is 8.68. The molecule has 2 aromatic carbocycles. The van der Waals surface area contributed by atoms with E-state index in [4.69, 9.17) is 14.6 Å². The average Bonchev–Trinajstić information content (AvgIpc) is 3.01. The molecule has 11 heteroatoms. The molecule has 2 aliphatic rings. The van der Waals surface area contributed by atoms with E-state index < -0.39 is 68.1 Å². The van der Waals surface area contributed by atoms with Gasteiger partial charge in [0.1, 0.15) is 11.4 Å². The van der Waals surface area contributed by atoms with Gasteiger partial charge in [0.15, 0.2) is 27.4 Å². The molecule has 0 aromatic heterocycles. The zero-order valence-electron chi connectivity index (χ0n) is 19.4. The molecule has 0 aliphatic carbocycles. The number of carbonyl (C=O) groups excluding carboxylic acids is 3. The number of benzene rings is 2. The third-order valence-corrected chi connectivity index (χ3v) is 9.01. The molecule has 1 amide bonds. The predicted octanol–water partition coefficient (Wildman–Crippen LogP) is 1.62. The fraction of sp³-hybridized carbons (Fsp3) is 0.280. The molecule has 2 aromatic rings. The van der Waals surface area contributed by atoms with Crippen LogP contribution in [0.1, 0.15) is 31.1 Å². The fourth-order valence-electron chi connectivity index (χ4n) is 4.52. The first kappa shape index (κ1) is 25.1. The van der Waals surface area contributed by atoms with Gasteiger partial charge in [0, 0.05) is 13.0 Å². The van der Waals surface area contributed by atoms with Gasteiger partial charge in [-0.3, -0.25) is 9.59 Å². The van der Waals surface area contributed by atoms with E-state index in [9.17, 15) is 27.6 Å². The summed E-state index contributed by atoms with van der Waals surface area (Å²) in [6.45, 7) is 1.53. The summed E-state index contributed by atoms with van der Waals surface area (Å²) in [5.74, 6) is -4.24. The number of hydrogen-bond acceptors (Lipinski definition) is 8. The summed E-state index contributed by atoms with van der Waals surface area (Å²) in [5, 5.41) is 7.43. The summed E-state index contributed by atoms with van der Waals surface area (Å²) in [4.78, 5) is 50.0. The van der Waals surface area contributed by atoms with Crippen LogP contribution in [0.15, 0.2) is 72.3 Å². The SMILES string of the molecule is CC(=O)OC[C@@]1(C)[C@H](C(=O)OC(c2ccccc2)c2ccccc2)N2C(=O)/C(=C/C(=O)O)C2S1(=O)=O. The van der Waals surface area contributed by atoms with Gasteiger partial charge in [-0.2, -0.15) is 0 Å². The topological polar surface area (TPSA) is 144 Å². The van der Waals surface area contributed by atoms with Crippen molar-refractivity contribution in [2.24, 2.45) is 0 Å². The summed E-state index contributed by atoms with van der Waals surface area (Å²) in [6.07, 6.45) is -0.414. The van der Waals surface area contributed by atoms with E-state index in [0.29, 0.717) is 17.2 Å². The molecule has 36 heavy (non-hydrogen) atoms. The molecule has 4 rings (SSSR count). The monoisotopic (exact) mass is 513 g/mol. The molecule has 188 valence electrons. The quantitative estimate of drug-likeness (QED) is 0.332. The molecule has 2 aliphatic heterocycles. The van der Waals surface area contributed by atoms with E-state index in [0.717, 1.165) is 11.8 Å². The Hall–Kier alpha value is -3.99. The molecule has 10 nitrogen and oxygen atoms in total. The maximum atomic E-state index is 13.7. The van der Waals surface area contributed by atoms with Crippen LogP contribution in [0.25, 0.3) is 0 Å². The van der Waals surface area contributed by atoms with Crippen molar-refractivity contribution in [3.05, 3.63) is 83.4 Å². The smallest absolute Gasteiger partial charge is 0.331 e. The highest BCUT2D eigenvalue weighted by atomic mass is 32.2. The average molecular weight is 514 g/mol. The van der Waals surface area contributed by atoms with Crippen LogP contribution in [-0.2, 0) is 38.5 Å².